The molecule has 0 spiro atoms. The van der Waals surface area contributed by atoms with E-state index in [-0.39, 0.29) is 17.2 Å². The number of carbonyl (C=O) groups excluding carboxylic acids is 1. The normalized spacial score (nSPS) is 10.2. The molecule has 0 aliphatic carbocycles. The summed E-state index contributed by atoms with van der Waals surface area (Å²) in [6, 6.07) is 6.41. The second-order valence-electron chi connectivity index (χ2n) is 3.78. The van der Waals surface area contributed by atoms with Crippen LogP contribution in [0.5, 0.6) is 5.75 Å². The lowest BCUT2D eigenvalue weighted by molar-refractivity contribution is 0.102. The zero-order valence-electron chi connectivity index (χ0n) is 9.61. The maximum atomic E-state index is 11.9. The molecule has 0 unspecified atom stereocenters. The van der Waals surface area contributed by atoms with Crippen LogP contribution < -0.4 is 5.32 Å². The molecule has 88 valence electrons. The van der Waals surface area contributed by atoms with Crippen molar-refractivity contribution < 1.29 is 9.90 Å². The lowest BCUT2D eigenvalue weighted by Gasteiger charge is -2.06. The highest BCUT2D eigenvalue weighted by Gasteiger charge is 2.14. The van der Waals surface area contributed by atoms with Gasteiger partial charge in [0, 0.05) is 0 Å². The Morgan fingerprint density at radius 2 is 2.06 bits per heavy atom. The largest absolute Gasteiger partial charge is 0.507 e. The summed E-state index contributed by atoms with van der Waals surface area (Å²) in [5.74, 6) is -0.389. The van der Waals surface area contributed by atoms with Crippen LogP contribution in [0.1, 0.15) is 21.7 Å². The van der Waals surface area contributed by atoms with Gasteiger partial charge in [0.15, 0.2) is 0 Å². The van der Waals surface area contributed by atoms with Crippen LogP contribution in [-0.4, -0.2) is 21.2 Å². The van der Waals surface area contributed by atoms with Crippen molar-refractivity contribution >= 4 is 11.6 Å². The van der Waals surface area contributed by atoms with E-state index in [0.29, 0.717) is 11.4 Å². The number of phenolic OH excluding ortho intramolecular Hbond substituents is 1. The number of aromatic hydroxyl groups is 1. The Balaban J connectivity index is 2.27. The predicted octanol–water partition coefficient (Wildman–Crippen LogP) is 1.98. The van der Waals surface area contributed by atoms with Gasteiger partial charge in [-0.15, -0.1) is 0 Å². The first-order valence-electron chi connectivity index (χ1n) is 5.20. The summed E-state index contributed by atoms with van der Waals surface area (Å²) >= 11 is 0. The van der Waals surface area contributed by atoms with Crippen LogP contribution in [0, 0.1) is 13.8 Å². The van der Waals surface area contributed by atoms with E-state index in [0.717, 1.165) is 5.69 Å². The molecule has 0 bridgehead atoms. The fraction of sp³-hybridized carbons (Fsp3) is 0.167. The van der Waals surface area contributed by atoms with Crippen LogP contribution in [-0.2, 0) is 0 Å². The van der Waals surface area contributed by atoms with Gasteiger partial charge in [0.1, 0.15) is 5.75 Å². The first-order chi connectivity index (χ1) is 8.09. The van der Waals surface area contributed by atoms with Crippen LogP contribution in [0.3, 0.4) is 0 Å². The summed E-state index contributed by atoms with van der Waals surface area (Å²) in [6.45, 7) is 3.62. The third kappa shape index (κ3) is 2.13. The minimum absolute atomic E-state index is 0.0381. The highest BCUT2D eigenvalue weighted by Crippen LogP contribution is 2.20. The predicted molar refractivity (Wildman–Crippen MR) is 64.1 cm³/mol. The summed E-state index contributed by atoms with van der Waals surface area (Å²) in [6.07, 6.45) is 0. The molecule has 2 rings (SSSR count). The van der Waals surface area contributed by atoms with Crippen molar-refractivity contribution in [1.29, 1.82) is 0 Å². The van der Waals surface area contributed by atoms with E-state index >= 15 is 0 Å². The van der Waals surface area contributed by atoms with Gasteiger partial charge in [-0.2, -0.15) is 5.10 Å². The van der Waals surface area contributed by atoms with E-state index in [1.165, 1.54) is 6.07 Å². The molecule has 0 aliphatic heterocycles. The van der Waals surface area contributed by atoms with Crippen LogP contribution in [0.2, 0.25) is 0 Å². The number of aryl methyl sites for hydroxylation is 2. The number of amides is 1. The number of hydrogen-bond acceptors (Lipinski definition) is 3. The van der Waals surface area contributed by atoms with Gasteiger partial charge in [0.25, 0.3) is 5.91 Å². The second kappa shape index (κ2) is 4.29. The zero-order chi connectivity index (χ0) is 12.4. The summed E-state index contributed by atoms with van der Waals surface area (Å²) < 4.78 is 0. The number of anilines is 1. The molecule has 1 aromatic heterocycles. The minimum Gasteiger partial charge on any atom is -0.507 e. The van der Waals surface area contributed by atoms with Crippen molar-refractivity contribution in [2.45, 2.75) is 13.8 Å². The number of hydrogen-bond donors (Lipinski definition) is 3. The molecule has 0 saturated heterocycles. The second-order valence-corrected chi connectivity index (χ2v) is 3.78. The Bertz CT molecular complexity index is 541. The number of carbonyl (C=O) groups is 1. The van der Waals surface area contributed by atoms with Crippen LogP contribution >= 0.6 is 0 Å². The Morgan fingerprint density at radius 1 is 1.35 bits per heavy atom. The van der Waals surface area contributed by atoms with Gasteiger partial charge in [-0.05, 0) is 26.0 Å². The summed E-state index contributed by atoms with van der Waals surface area (Å²) in [7, 11) is 0. The van der Waals surface area contributed by atoms with Gasteiger partial charge >= 0.3 is 0 Å². The maximum Gasteiger partial charge on any atom is 0.259 e. The molecule has 1 amide bonds. The molecule has 3 N–H and O–H groups in total. The summed E-state index contributed by atoms with van der Waals surface area (Å²) in [5, 5.41) is 19.1. The molecule has 0 fully saturated rings. The third-order valence-electron chi connectivity index (χ3n) is 2.52. The molecule has 0 aliphatic rings. The number of rotatable bonds is 2. The number of nitrogens with one attached hydrogen (secondary N) is 2. The molecule has 5 nitrogen and oxygen atoms in total. The molecule has 1 aromatic carbocycles. The Kier molecular flexibility index (Phi) is 2.82. The van der Waals surface area contributed by atoms with Crippen molar-refractivity contribution in [2.24, 2.45) is 0 Å². The highest BCUT2D eigenvalue weighted by molar-refractivity contribution is 6.06. The fourth-order valence-corrected chi connectivity index (χ4v) is 1.58. The van der Waals surface area contributed by atoms with Crippen molar-refractivity contribution in [1.82, 2.24) is 10.2 Å². The van der Waals surface area contributed by atoms with E-state index in [2.05, 4.69) is 15.5 Å². The third-order valence-corrected chi connectivity index (χ3v) is 2.52. The van der Waals surface area contributed by atoms with Crippen molar-refractivity contribution in [3.05, 3.63) is 41.2 Å². The molecule has 5 heteroatoms. The number of aromatic amines is 1. The Morgan fingerprint density at radius 3 is 2.65 bits per heavy atom. The van der Waals surface area contributed by atoms with Crippen LogP contribution in [0.25, 0.3) is 0 Å². The van der Waals surface area contributed by atoms with Crippen molar-refractivity contribution in [2.75, 3.05) is 5.32 Å². The molecule has 2 aromatic rings. The standard InChI is InChI=1S/C12H13N3O2/c1-7-11(8(2)15-14-7)13-12(17)9-5-3-4-6-10(9)16/h3-6,16H,1-2H3,(H,13,17)(H,14,15). The molecule has 17 heavy (non-hydrogen) atoms. The van der Waals surface area contributed by atoms with Gasteiger partial charge in [-0.1, -0.05) is 12.1 Å². The Hall–Kier alpha value is -2.30. The van der Waals surface area contributed by atoms with E-state index in [1.54, 1.807) is 25.1 Å². The van der Waals surface area contributed by atoms with Gasteiger partial charge in [0.05, 0.1) is 22.6 Å². The molecule has 0 atom stereocenters. The smallest absolute Gasteiger partial charge is 0.259 e. The van der Waals surface area contributed by atoms with E-state index in [9.17, 15) is 9.90 Å². The van der Waals surface area contributed by atoms with E-state index in [4.69, 9.17) is 0 Å². The molecule has 0 radical (unpaired) electrons. The average molecular weight is 231 g/mol. The molecular formula is C12H13N3O2. The number of phenols is 1. The number of H-pyrrole nitrogens is 1. The monoisotopic (exact) mass is 231 g/mol. The number of aromatic nitrogens is 2. The van der Waals surface area contributed by atoms with E-state index in [1.807, 2.05) is 6.92 Å². The van der Waals surface area contributed by atoms with Crippen LogP contribution in [0.4, 0.5) is 5.69 Å². The van der Waals surface area contributed by atoms with Crippen LogP contribution in [0.15, 0.2) is 24.3 Å². The minimum atomic E-state index is -0.351. The molecular weight excluding hydrogens is 218 g/mol. The number of para-hydroxylation sites is 1. The van der Waals surface area contributed by atoms with E-state index < -0.39 is 0 Å². The maximum absolute atomic E-state index is 11.9. The van der Waals surface area contributed by atoms with Gasteiger partial charge in [-0.3, -0.25) is 9.89 Å². The number of nitrogens with zero attached hydrogens (tertiary/aromatic N) is 1. The lowest BCUT2D eigenvalue weighted by Crippen LogP contribution is -2.13. The summed E-state index contributed by atoms with van der Waals surface area (Å²) in [5.41, 5.74) is 2.39. The molecule has 0 saturated carbocycles. The zero-order valence-corrected chi connectivity index (χ0v) is 9.61. The van der Waals surface area contributed by atoms with Gasteiger partial charge in [0.2, 0.25) is 0 Å². The Labute approximate surface area is 98.5 Å². The quantitative estimate of drug-likeness (QED) is 0.739. The topological polar surface area (TPSA) is 78.0 Å². The van der Waals surface area contributed by atoms with Gasteiger partial charge < -0.3 is 10.4 Å². The highest BCUT2D eigenvalue weighted by atomic mass is 16.3. The fourth-order valence-electron chi connectivity index (χ4n) is 1.58. The first kappa shape index (κ1) is 11.2. The number of benzene rings is 1. The summed E-state index contributed by atoms with van der Waals surface area (Å²) in [4.78, 5) is 11.9. The lowest BCUT2D eigenvalue weighted by atomic mass is 10.2. The van der Waals surface area contributed by atoms with Gasteiger partial charge in [-0.25, -0.2) is 0 Å². The SMILES string of the molecule is Cc1n[nH]c(C)c1NC(=O)c1ccccc1O. The molecule has 1 heterocycles. The first-order valence-corrected chi connectivity index (χ1v) is 5.20. The van der Waals surface area contributed by atoms with Crippen molar-refractivity contribution in [3.8, 4) is 5.75 Å². The van der Waals surface area contributed by atoms with Crippen molar-refractivity contribution in [3.63, 3.8) is 0 Å². The average Bonchev–Trinajstić information content (AvgIpc) is 2.61.